The summed E-state index contributed by atoms with van der Waals surface area (Å²) >= 11 is 1.74. The average molecular weight is 301 g/mol. The minimum absolute atomic E-state index is 0.849. The van der Waals surface area contributed by atoms with Crippen LogP contribution in [0.3, 0.4) is 0 Å². The van der Waals surface area contributed by atoms with Crippen molar-refractivity contribution >= 4 is 11.3 Å². The van der Waals surface area contributed by atoms with E-state index in [1.165, 1.54) is 37.2 Å². The van der Waals surface area contributed by atoms with Gasteiger partial charge < -0.3 is 10.6 Å². The van der Waals surface area contributed by atoms with Gasteiger partial charge in [-0.25, -0.2) is 4.98 Å². The molecule has 1 saturated heterocycles. The van der Waals surface area contributed by atoms with Crippen molar-refractivity contribution in [1.29, 1.82) is 0 Å². The summed E-state index contributed by atoms with van der Waals surface area (Å²) in [5.74, 6) is 0.849. The van der Waals surface area contributed by atoms with Crippen LogP contribution >= 0.6 is 11.3 Å². The summed E-state index contributed by atoms with van der Waals surface area (Å²) in [4.78, 5) is 4.73. The molecule has 0 radical (unpaired) electrons. The highest BCUT2D eigenvalue weighted by Gasteiger charge is 2.12. The van der Waals surface area contributed by atoms with Gasteiger partial charge in [-0.2, -0.15) is 0 Å². The summed E-state index contributed by atoms with van der Waals surface area (Å²) in [7, 11) is 0. The van der Waals surface area contributed by atoms with Crippen molar-refractivity contribution in [1.82, 2.24) is 15.6 Å². The van der Waals surface area contributed by atoms with Gasteiger partial charge in [-0.05, 0) is 38.4 Å². The van der Waals surface area contributed by atoms with Gasteiger partial charge in [-0.15, -0.1) is 11.3 Å². The van der Waals surface area contributed by atoms with Crippen molar-refractivity contribution in [2.24, 2.45) is 5.92 Å². The molecule has 0 atom stereocenters. The van der Waals surface area contributed by atoms with Crippen LogP contribution in [0.15, 0.2) is 35.7 Å². The molecule has 1 aromatic heterocycles. The van der Waals surface area contributed by atoms with Gasteiger partial charge >= 0.3 is 0 Å². The zero-order chi connectivity index (χ0) is 14.3. The van der Waals surface area contributed by atoms with Crippen molar-refractivity contribution in [3.05, 3.63) is 41.4 Å². The summed E-state index contributed by atoms with van der Waals surface area (Å²) in [5.41, 5.74) is 2.42. The van der Waals surface area contributed by atoms with E-state index in [9.17, 15) is 0 Å². The van der Waals surface area contributed by atoms with Crippen LogP contribution in [0.1, 0.15) is 18.5 Å². The fourth-order valence-electron chi connectivity index (χ4n) is 2.74. The fourth-order valence-corrected chi connectivity index (χ4v) is 3.60. The first-order valence-corrected chi connectivity index (χ1v) is 8.71. The number of hydrogen-bond acceptors (Lipinski definition) is 4. The van der Waals surface area contributed by atoms with Gasteiger partial charge in [0.1, 0.15) is 5.01 Å². The lowest BCUT2D eigenvalue weighted by molar-refractivity contribution is 0.357. The van der Waals surface area contributed by atoms with Gasteiger partial charge in [-0.3, -0.25) is 0 Å². The molecule has 112 valence electrons. The van der Waals surface area contributed by atoms with Gasteiger partial charge in [0.05, 0.1) is 5.69 Å². The Bertz CT molecular complexity index is 532. The zero-order valence-corrected chi connectivity index (χ0v) is 13.2. The van der Waals surface area contributed by atoms with Crippen LogP contribution in [0, 0.1) is 5.92 Å². The number of benzene rings is 1. The van der Waals surface area contributed by atoms with E-state index < -0.39 is 0 Å². The van der Waals surface area contributed by atoms with E-state index in [4.69, 9.17) is 4.98 Å². The highest BCUT2D eigenvalue weighted by atomic mass is 32.1. The van der Waals surface area contributed by atoms with E-state index in [0.29, 0.717) is 0 Å². The Morgan fingerprint density at radius 3 is 2.81 bits per heavy atom. The van der Waals surface area contributed by atoms with E-state index in [0.717, 1.165) is 30.4 Å². The molecule has 0 spiro atoms. The number of nitrogens with one attached hydrogen (secondary N) is 2. The van der Waals surface area contributed by atoms with Crippen LogP contribution in [-0.2, 0) is 6.42 Å². The molecule has 1 aliphatic rings. The minimum Gasteiger partial charge on any atom is -0.317 e. The molecule has 2 aromatic rings. The first-order valence-electron chi connectivity index (χ1n) is 7.83. The van der Waals surface area contributed by atoms with Gasteiger partial charge in [0.15, 0.2) is 0 Å². The second kappa shape index (κ2) is 7.69. The van der Waals surface area contributed by atoms with Crippen molar-refractivity contribution in [3.63, 3.8) is 0 Å². The number of thiazole rings is 1. The molecule has 2 heterocycles. The number of rotatable bonds is 6. The fraction of sp³-hybridized carbons (Fsp3) is 0.471. The highest BCUT2D eigenvalue weighted by molar-refractivity contribution is 7.13. The molecule has 21 heavy (non-hydrogen) atoms. The maximum Gasteiger partial charge on any atom is 0.123 e. The zero-order valence-electron chi connectivity index (χ0n) is 12.3. The quantitative estimate of drug-likeness (QED) is 0.806. The van der Waals surface area contributed by atoms with Gasteiger partial charge in [0.25, 0.3) is 0 Å². The maximum atomic E-state index is 4.73. The third kappa shape index (κ3) is 4.37. The molecule has 4 heteroatoms. The lowest BCUT2D eigenvalue weighted by Gasteiger charge is -2.22. The molecule has 0 unspecified atom stereocenters. The second-order valence-corrected chi connectivity index (χ2v) is 6.52. The predicted molar refractivity (Wildman–Crippen MR) is 89.7 cm³/mol. The van der Waals surface area contributed by atoms with Crippen LogP contribution in [0.5, 0.6) is 0 Å². The van der Waals surface area contributed by atoms with Crippen molar-refractivity contribution in [2.45, 2.75) is 19.3 Å². The molecule has 1 aliphatic heterocycles. The average Bonchev–Trinajstić information content (AvgIpc) is 3.02. The van der Waals surface area contributed by atoms with Gasteiger partial charge in [0.2, 0.25) is 0 Å². The van der Waals surface area contributed by atoms with Crippen LogP contribution < -0.4 is 10.6 Å². The number of piperidine rings is 1. The van der Waals surface area contributed by atoms with Crippen LogP contribution in [0.25, 0.3) is 10.6 Å². The molecule has 0 amide bonds. The molecule has 3 rings (SSSR count). The first kappa shape index (κ1) is 14.7. The third-order valence-corrected chi connectivity index (χ3v) is 4.96. The van der Waals surface area contributed by atoms with Crippen molar-refractivity contribution in [3.8, 4) is 10.6 Å². The lowest BCUT2D eigenvalue weighted by atomic mass is 9.98. The number of hydrogen-bond donors (Lipinski definition) is 2. The molecular weight excluding hydrogens is 278 g/mol. The third-order valence-electron chi connectivity index (χ3n) is 4.02. The molecule has 1 fully saturated rings. The number of nitrogens with zero attached hydrogens (tertiary/aromatic N) is 1. The predicted octanol–water partition coefficient (Wildman–Crippen LogP) is 2.94. The van der Waals surface area contributed by atoms with Gasteiger partial charge in [0, 0.05) is 23.9 Å². The summed E-state index contributed by atoms with van der Waals surface area (Å²) in [6.45, 7) is 4.54. The molecule has 3 nitrogen and oxygen atoms in total. The van der Waals surface area contributed by atoms with Gasteiger partial charge in [-0.1, -0.05) is 30.3 Å². The van der Waals surface area contributed by atoms with Crippen molar-refractivity contribution < 1.29 is 0 Å². The van der Waals surface area contributed by atoms with Crippen molar-refractivity contribution in [2.75, 3.05) is 26.2 Å². The molecule has 0 aliphatic carbocycles. The summed E-state index contributed by atoms with van der Waals surface area (Å²) in [6, 6.07) is 10.4. The smallest absolute Gasteiger partial charge is 0.123 e. The second-order valence-electron chi connectivity index (χ2n) is 5.66. The monoisotopic (exact) mass is 301 g/mol. The SMILES string of the molecule is c1ccc(-c2nc(CCNCC3CCNCC3)cs2)cc1. The summed E-state index contributed by atoms with van der Waals surface area (Å²) in [6.07, 6.45) is 3.64. The van der Waals surface area contributed by atoms with Crippen LogP contribution in [-0.4, -0.2) is 31.2 Å². The Morgan fingerprint density at radius 2 is 2.00 bits per heavy atom. The molecule has 2 N–H and O–H groups in total. The van der Waals surface area contributed by atoms with E-state index in [-0.39, 0.29) is 0 Å². The standard InChI is InChI=1S/C17H23N3S/c1-2-4-15(5-3-1)17-20-16(13-21-17)8-11-19-12-14-6-9-18-10-7-14/h1-5,13-14,18-19H,6-12H2. The molecular formula is C17H23N3S. The largest absolute Gasteiger partial charge is 0.317 e. The molecule has 0 saturated carbocycles. The first-order chi connectivity index (χ1) is 10.4. The number of aromatic nitrogens is 1. The van der Waals surface area contributed by atoms with E-state index in [1.807, 2.05) is 6.07 Å². The summed E-state index contributed by atoms with van der Waals surface area (Å²) in [5, 5.41) is 10.3. The Hall–Kier alpha value is -1.23. The normalized spacial score (nSPS) is 16.2. The Labute approximate surface area is 130 Å². The Kier molecular flexibility index (Phi) is 5.38. The maximum absolute atomic E-state index is 4.73. The lowest BCUT2D eigenvalue weighted by Crippen LogP contribution is -2.34. The van der Waals surface area contributed by atoms with E-state index in [2.05, 4.69) is 40.3 Å². The molecule has 1 aromatic carbocycles. The van der Waals surface area contributed by atoms with E-state index in [1.54, 1.807) is 11.3 Å². The molecule has 0 bridgehead atoms. The summed E-state index contributed by atoms with van der Waals surface area (Å²) < 4.78 is 0. The highest BCUT2D eigenvalue weighted by Crippen LogP contribution is 2.23. The minimum atomic E-state index is 0.849. The van der Waals surface area contributed by atoms with Crippen LogP contribution in [0.2, 0.25) is 0 Å². The Morgan fingerprint density at radius 1 is 1.19 bits per heavy atom. The van der Waals surface area contributed by atoms with E-state index >= 15 is 0 Å². The van der Waals surface area contributed by atoms with Crippen LogP contribution in [0.4, 0.5) is 0 Å². The Balaban J connectivity index is 1.42. The topological polar surface area (TPSA) is 37.0 Å².